The van der Waals surface area contributed by atoms with Crippen molar-refractivity contribution in [1.82, 2.24) is 15.0 Å². The predicted octanol–water partition coefficient (Wildman–Crippen LogP) is 3.12. The molecule has 8 heteroatoms. The molecule has 1 heterocycles. The van der Waals surface area contributed by atoms with Crippen molar-refractivity contribution in [2.75, 3.05) is 6.61 Å². The molecule has 1 aromatic heterocycles. The van der Waals surface area contributed by atoms with E-state index < -0.39 is 5.82 Å². The fourth-order valence-corrected chi connectivity index (χ4v) is 1.51. The SMILES string of the molecule is CCCOc1nc(Cl)nc(Oc2ccc(C#N)cc2F)n1. The first-order chi connectivity index (χ1) is 10.1. The number of rotatable bonds is 5. The first-order valence-electron chi connectivity index (χ1n) is 6.04. The fraction of sp³-hybridized carbons (Fsp3) is 0.231. The van der Waals surface area contributed by atoms with E-state index >= 15 is 0 Å². The normalized spacial score (nSPS) is 10.0. The summed E-state index contributed by atoms with van der Waals surface area (Å²) in [5.74, 6) is -0.834. The molecular formula is C13H10ClFN4O2. The van der Waals surface area contributed by atoms with Gasteiger partial charge in [-0.15, -0.1) is 4.98 Å². The molecule has 0 saturated carbocycles. The van der Waals surface area contributed by atoms with Gasteiger partial charge in [0.15, 0.2) is 11.6 Å². The molecule has 0 N–H and O–H groups in total. The highest BCUT2D eigenvalue weighted by molar-refractivity contribution is 6.28. The highest BCUT2D eigenvalue weighted by atomic mass is 35.5. The molecule has 0 saturated heterocycles. The summed E-state index contributed by atoms with van der Waals surface area (Å²) >= 11 is 5.72. The van der Waals surface area contributed by atoms with E-state index in [0.29, 0.717) is 6.61 Å². The summed E-state index contributed by atoms with van der Waals surface area (Å²) < 4.78 is 24.1. The Morgan fingerprint density at radius 2 is 2.05 bits per heavy atom. The van der Waals surface area contributed by atoms with Crippen LogP contribution < -0.4 is 9.47 Å². The summed E-state index contributed by atoms with van der Waals surface area (Å²) in [4.78, 5) is 11.4. The maximum absolute atomic E-state index is 13.7. The minimum Gasteiger partial charge on any atom is -0.463 e. The van der Waals surface area contributed by atoms with Crippen molar-refractivity contribution in [3.05, 3.63) is 34.9 Å². The average molecular weight is 309 g/mol. The highest BCUT2D eigenvalue weighted by Crippen LogP contribution is 2.24. The Balaban J connectivity index is 2.23. The molecule has 21 heavy (non-hydrogen) atoms. The van der Waals surface area contributed by atoms with E-state index in [9.17, 15) is 4.39 Å². The molecule has 1 aromatic carbocycles. The zero-order valence-electron chi connectivity index (χ0n) is 11.0. The Morgan fingerprint density at radius 3 is 2.71 bits per heavy atom. The van der Waals surface area contributed by atoms with E-state index in [1.165, 1.54) is 12.1 Å². The van der Waals surface area contributed by atoms with Crippen molar-refractivity contribution in [3.8, 4) is 23.8 Å². The minimum atomic E-state index is -0.707. The Labute approximate surface area is 125 Å². The lowest BCUT2D eigenvalue weighted by molar-refractivity contribution is 0.284. The molecule has 2 rings (SSSR count). The number of nitrogens with zero attached hydrogens (tertiary/aromatic N) is 4. The summed E-state index contributed by atoms with van der Waals surface area (Å²) in [6, 6.07) is 5.40. The molecule has 2 aromatic rings. The van der Waals surface area contributed by atoms with Crippen LogP contribution in [0.25, 0.3) is 0 Å². The maximum Gasteiger partial charge on any atom is 0.329 e. The van der Waals surface area contributed by atoms with Gasteiger partial charge in [0.25, 0.3) is 0 Å². The fourth-order valence-electron chi connectivity index (χ4n) is 1.37. The van der Waals surface area contributed by atoms with Crippen molar-refractivity contribution in [2.24, 2.45) is 0 Å². The zero-order valence-corrected chi connectivity index (χ0v) is 11.8. The number of nitriles is 1. The van der Waals surface area contributed by atoms with Gasteiger partial charge in [-0.3, -0.25) is 0 Å². The molecule has 6 nitrogen and oxygen atoms in total. The maximum atomic E-state index is 13.7. The summed E-state index contributed by atoms with van der Waals surface area (Å²) in [6.07, 6.45) is 0.768. The summed E-state index contributed by atoms with van der Waals surface area (Å²) in [5.41, 5.74) is 0.181. The van der Waals surface area contributed by atoms with Gasteiger partial charge in [0.05, 0.1) is 18.2 Å². The van der Waals surface area contributed by atoms with Crippen LogP contribution in [0, 0.1) is 17.1 Å². The third-order valence-electron chi connectivity index (χ3n) is 2.26. The molecule has 0 aliphatic rings. The molecule has 0 fully saturated rings. The average Bonchev–Trinajstić information content (AvgIpc) is 2.46. The number of aromatic nitrogens is 3. The molecule has 0 bridgehead atoms. The van der Waals surface area contributed by atoms with Crippen molar-refractivity contribution in [3.63, 3.8) is 0 Å². The van der Waals surface area contributed by atoms with Gasteiger partial charge in [-0.25, -0.2) is 4.39 Å². The van der Waals surface area contributed by atoms with Crippen LogP contribution in [0.15, 0.2) is 18.2 Å². The second-order valence-corrected chi connectivity index (χ2v) is 4.22. The summed E-state index contributed by atoms with van der Waals surface area (Å²) in [6.45, 7) is 2.33. The van der Waals surface area contributed by atoms with Crippen molar-refractivity contribution in [1.29, 1.82) is 5.26 Å². The third kappa shape index (κ3) is 4.00. The molecule has 0 amide bonds. The molecular weight excluding hydrogens is 299 g/mol. The predicted molar refractivity (Wildman–Crippen MR) is 71.8 cm³/mol. The van der Waals surface area contributed by atoms with Crippen LogP contribution in [0.5, 0.6) is 17.8 Å². The molecule has 0 aliphatic heterocycles. The standard InChI is InChI=1S/C13H10ClFN4O2/c1-2-5-20-12-17-11(14)18-13(19-12)21-10-4-3-8(7-16)6-9(10)15/h3-4,6H,2,5H2,1H3. The molecule has 0 atom stereocenters. The van der Waals surface area contributed by atoms with E-state index in [0.717, 1.165) is 12.5 Å². The van der Waals surface area contributed by atoms with E-state index in [1.54, 1.807) is 0 Å². The first-order valence-corrected chi connectivity index (χ1v) is 6.42. The zero-order chi connectivity index (χ0) is 15.2. The van der Waals surface area contributed by atoms with Gasteiger partial charge in [0.1, 0.15) is 0 Å². The lowest BCUT2D eigenvalue weighted by Gasteiger charge is -2.07. The van der Waals surface area contributed by atoms with Crippen LogP contribution >= 0.6 is 11.6 Å². The number of hydrogen-bond donors (Lipinski definition) is 0. The van der Waals surface area contributed by atoms with Crippen molar-refractivity contribution >= 4 is 11.6 Å². The Hall–Kier alpha value is -2.46. The van der Waals surface area contributed by atoms with Gasteiger partial charge >= 0.3 is 12.0 Å². The quantitative estimate of drug-likeness (QED) is 0.844. The Bertz CT molecular complexity index is 690. The summed E-state index contributed by atoms with van der Waals surface area (Å²) in [5, 5.41) is 8.55. The molecule has 0 aliphatic carbocycles. The summed E-state index contributed by atoms with van der Waals surface area (Å²) in [7, 11) is 0. The van der Waals surface area contributed by atoms with Crippen molar-refractivity contribution < 1.29 is 13.9 Å². The second kappa shape index (κ2) is 6.81. The lowest BCUT2D eigenvalue weighted by atomic mass is 10.2. The van der Waals surface area contributed by atoms with E-state index in [1.807, 2.05) is 13.0 Å². The third-order valence-corrected chi connectivity index (χ3v) is 2.43. The van der Waals surface area contributed by atoms with Crippen LogP contribution in [0.4, 0.5) is 4.39 Å². The second-order valence-electron chi connectivity index (χ2n) is 3.88. The van der Waals surface area contributed by atoms with Gasteiger partial charge in [-0.05, 0) is 36.2 Å². The van der Waals surface area contributed by atoms with Crippen LogP contribution in [0.2, 0.25) is 5.28 Å². The number of hydrogen-bond acceptors (Lipinski definition) is 6. The smallest absolute Gasteiger partial charge is 0.329 e. The minimum absolute atomic E-state index is 0.000836. The van der Waals surface area contributed by atoms with Crippen LogP contribution in [-0.2, 0) is 0 Å². The van der Waals surface area contributed by atoms with Gasteiger partial charge in [-0.2, -0.15) is 15.2 Å². The largest absolute Gasteiger partial charge is 0.463 e. The number of halogens is 2. The van der Waals surface area contributed by atoms with Crippen molar-refractivity contribution in [2.45, 2.75) is 13.3 Å². The molecule has 0 unspecified atom stereocenters. The highest BCUT2D eigenvalue weighted by Gasteiger charge is 2.11. The van der Waals surface area contributed by atoms with E-state index in [4.69, 9.17) is 26.3 Å². The van der Waals surface area contributed by atoms with E-state index in [2.05, 4.69) is 15.0 Å². The number of ether oxygens (including phenoxy) is 2. The lowest BCUT2D eigenvalue weighted by Crippen LogP contribution is -2.03. The van der Waals surface area contributed by atoms with Gasteiger partial charge in [-0.1, -0.05) is 6.92 Å². The van der Waals surface area contributed by atoms with E-state index in [-0.39, 0.29) is 28.6 Å². The topological polar surface area (TPSA) is 80.9 Å². The van der Waals surface area contributed by atoms with Crippen LogP contribution in [0.3, 0.4) is 0 Å². The monoisotopic (exact) mass is 308 g/mol. The molecule has 0 spiro atoms. The van der Waals surface area contributed by atoms with Gasteiger partial charge < -0.3 is 9.47 Å². The van der Waals surface area contributed by atoms with Gasteiger partial charge in [0.2, 0.25) is 5.28 Å². The number of benzene rings is 1. The Kier molecular flexibility index (Phi) is 4.85. The van der Waals surface area contributed by atoms with Crippen LogP contribution in [0.1, 0.15) is 18.9 Å². The Morgan fingerprint density at radius 1 is 1.29 bits per heavy atom. The first kappa shape index (κ1) is 14.9. The molecule has 0 radical (unpaired) electrons. The van der Waals surface area contributed by atoms with Crippen LogP contribution in [-0.4, -0.2) is 21.6 Å². The van der Waals surface area contributed by atoms with Gasteiger partial charge in [0, 0.05) is 0 Å². The molecule has 108 valence electrons.